The zero-order valence-corrected chi connectivity index (χ0v) is 9.17. The summed E-state index contributed by atoms with van der Waals surface area (Å²) in [4.78, 5) is 7.05. The second-order valence-electron chi connectivity index (χ2n) is 2.58. The van der Waals surface area contributed by atoms with Crippen molar-refractivity contribution in [1.82, 2.24) is 0 Å². The topological polar surface area (TPSA) is 17.1 Å². The molecule has 1 aromatic carbocycles. The van der Waals surface area contributed by atoms with Gasteiger partial charge in [-0.3, -0.25) is 4.79 Å². The fraction of sp³-hybridized carbons (Fsp3) is 0.125. The minimum atomic E-state index is -3.86. The Morgan fingerprint density at radius 3 is 2.00 bits per heavy atom. The van der Waals surface area contributed by atoms with Crippen molar-refractivity contribution in [3.63, 3.8) is 0 Å². The highest BCUT2D eigenvalue weighted by Gasteiger charge is 2.36. The van der Waals surface area contributed by atoms with Crippen molar-refractivity contribution in [2.24, 2.45) is 0 Å². The van der Waals surface area contributed by atoms with E-state index in [1.165, 1.54) is 0 Å². The molecule has 0 bridgehead atoms. The summed E-state index contributed by atoms with van der Waals surface area (Å²) in [6.45, 7) is 0. The van der Waals surface area contributed by atoms with Gasteiger partial charge >= 0.3 is 4.83 Å². The van der Waals surface area contributed by atoms with Crippen LogP contribution in [0.2, 0.25) is 5.02 Å². The molecule has 0 unspecified atom stereocenters. The lowest BCUT2D eigenvalue weighted by molar-refractivity contribution is 0.0591. The van der Waals surface area contributed by atoms with Gasteiger partial charge in [-0.15, -0.1) is 0 Å². The van der Waals surface area contributed by atoms with Gasteiger partial charge in [0.1, 0.15) is 16.7 Å². The Kier molecular flexibility index (Phi) is 3.40. The van der Waals surface area contributed by atoms with E-state index < -0.39 is 32.8 Å². The van der Waals surface area contributed by atoms with Gasteiger partial charge < -0.3 is 0 Å². The summed E-state index contributed by atoms with van der Waals surface area (Å²) in [6, 6.07) is 0.895. The van der Waals surface area contributed by atoms with Crippen molar-refractivity contribution >= 4 is 33.3 Å². The number of rotatable bonds is 2. The minimum Gasteiger partial charge on any atom is -0.286 e. The molecule has 0 aliphatic carbocycles. The van der Waals surface area contributed by atoms with Crippen molar-refractivity contribution in [3.05, 3.63) is 34.4 Å². The fourth-order valence-electron chi connectivity index (χ4n) is 0.850. The quantitative estimate of drug-likeness (QED) is 0.352. The van der Waals surface area contributed by atoms with Gasteiger partial charge in [0.2, 0.25) is 5.78 Å². The summed E-state index contributed by atoms with van der Waals surface area (Å²) in [5, 5.41) is -0.843. The Morgan fingerprint density at radius 1 is 1.27 bits per heavy atom. The van der Waals surface area contributed by atoms with E-state index in [1.807, 2.05) is 0 Å². The van der Waals surface area contributed by atoms with E-state index in [0.29, 0.717) is 12.1 Å². The predicted molar refractivity (Wildman–Crippen MR) is 49.6 cm³/mol. The molecule has 82 valence electrons. The monoisotopic (exact) mass is 304 g/mol. The fourth-order valence-corrected chi connectivity index (χ4v) is 1.19. The molecule has 1 aromatic rings. The number of hydrogen-bond donors (Lipinski definition) is 0. The normalized spacial score (nSPS) is 11.6. The maximum atomic E-state index is 12.8. The predicted octanol–water partition coefficient (Wildman–Crippen LogP) is 3.79. The minimum absolute atomic E-state index is 0.447. The number of alkyl halides is 3. The highest BCUT2D eigenvalue weighted by molar-refractivity contribution is 9.10. The first-order chi connectivity index (χ1) is 6.73. The van der Waals surface area contributed by atoms with Crippen molar-refractivity contribution in [1.29, 1.82) is 0 Å². The van der Waals surface area contributed by atoms with Gasteiger partial charge in [-0.1, -0.05) is 11.6 Å². The summed E-state index contributed by atoms with van der Waals surface area (Å²) in [5.74, 6) is -4.27. The van der Waals surface area contributed by atoms with E-state index in [9.17, 15) is 22.4 Å². The number of carbonyl (C=O) groups excluding carboxylic acids is 1. The summed E-state index contributed by atoms with van der Waals surface area (Å²) in [6.07, 6.45) is 0. The van der Waals surface area contributed by atoms with E-state index in [1.54, 1.807) is 15.9 Å². The Labute approximate surface area is 95.2 Å². The van der Waals surface area contributed by atoms with Crippen LogP contribution in [0.25, 0.3) is 0 Å². The van der Waals surface area contributed by atoms with E-state index in [0.717, 1.165) is 0 Å². The molecule has 0 radical (unpaired) electrons. The van der Waals surface area contributed by atoms with Gasteiger partial charge in [-0.2, -0.15) is 8.78 Å². The van der Waals surface area contributed by atoms with E-state index in [4.69, 9.17) is 11.6 Å². The smallest absolute Gasteiger partial charge is 0.286 e. The van der Waals surface area contributed by atoms with Crippen LogP contribution in [0.15, 0.2) is 12.1 Å². The first-order valence-electron chi connectivity index (χ1n) is 3.49. The molecule has 0 fully saturated rings. The number of benzene rings is 1. The number of carbonyl (C=O) groups is 1. The van der Waals surface area contributed by atoms with Gasteiger partial charge in [-0.05, 0) is 28.1 Å². The maximum absolute atomic E-state index is 12.8. The van der Waals surface area contributed by atoms with Crippen LogP contribution >= 0.6 is 27.5 Å². The van der Waals surface area contributed by atoms with Crippen LogP contribution in [-0.2, 0) is 0 Å². The zero-order valence-electron chi connectivity index (χ0n) is 6.83. The van der Waals surface area contributed by atoms with Crippen LogP contribution in [-0.4, -0.2) is 10.6 Å². The summed E-state index contributed by atoms with van der Waals surface area (Å²) in [7, 11) is 0. The Bertz CT molecular complexity index is 393. The molecule has 0 spiro atoms. The second kappa shape index (κ2) is 4.09. The van der Waals surface area contributed by atoms with Crippen LogP contribution in [0.1, 0.15) is 10.4 Å². The van der Waals surface area contributed by atoms with Crippen molar-refractivity contribution in [2.45, 2.75) is 4.83 Å². The average Bonchev–Trinajstić information content (AvgIpc) is 2.10. The molecule has 0 N–H and O–H groups in total. The molecule has 0 atom stereocenters. The number of halogens is 6. The van der Waals surface area contributed by atoms with Gasteiger partial charge in [0.05, 0.1) is 0 Å². The highest BCUT2D eigenvalue weighted by atomic mass is 79.9. The third-order valence-corrected chi connectivity index (χ3v) is 2.22. The molecule has 0 aromatic heterocycles. The molecule has 0 aliphatic rings. The van der Waals surface area contributed by atoms with Gasteiger partial charge in [0, 0.05) is 5.56 Å². The second-order valence-corrected chi connectivity index (χ2v) is 3.95. The Balaban J connectivity index is 3.24. The van der Waals surface area contributed by atoms with E-state index in [2.05, 4.69) is 0 Å². The number of hydrogen-bond acceptors (Lipinski definition) is 1. The van der Waals surface area contributed by atoms with Crippen LogP contribution in [0, 0.1) is 11.6 Å². The van der Waals surface area contributed by atoms with Crippen molar-refractivity contribution < 1.29 is 22.4 Å². The van der Waals surface area contributed by atoms with Crippen LogP contribution in [0.3, 0.4) is 0 Å². The van der Waals surface area contributed by atoms with E-state index in [-0.39, 0.29) is 0 Å². The molecule has 1 nitrogen and oxygen atoms in total. The number of ketones is 1. The lowest BCUT2D eigenvalue weighted by atomic mass is 10.1. The first-order valence-corrected chi connectivity index (χ1v) is 4.66. The molecular formula is C8H2BrClF4O. The van der Waals surface area contributed by atoms with Gasteiger partial charge in [0.25, 0.3) is 0 Å². The Morgan fingerprint density at radius 2 is 1.67 bits per heavy atom. The molecular weight excluding hydrogens is 303 g/mol. The standard InChI is InChI=1S/C8H2BrClF4O/c9-8(13,14)7(15)3-1-4(11)6(10)5(12)2-3/h1-2H. The molecule has 0 amide bonds. The SMILES string of the molecule is O=C(c1cc(F)c(Cl)c(F)c1)C(F)(F)Br. The summed E-state index contributed by atoms with van der Waals surface area (Å²) >= 11 is 6.90. The third kappa shape index (κ3) is 2.69. The lowest BCUT2D eigenvalue weighted by Crippen LogP contribution is -2.21. The maximum Gasteiger partial charge on any atom is 0.363 e. The highest BCUT2D eigenvalue weighted by Crippen LogP contribution is 2.29. The summed E-state index contributed by atoms with van der Waals surface area (Å²) in [5.41, 5.74) is -0.795. The van der Waals surface area contributed by atoms with Crippen molar-refractivity contribution in [3.8, 4) is 0 Å². The molecule has 0 aliphatic heterocycles. The van der Waals surface area contributed by atoms with Crippen molar-refractivity contribution in [2.75, 3.05) is 0 Å². The lowest BCUT2D eigenvalue weighted by Gasteiger charge is -2.07. The molecule has 0 saturated carbocycles. The first kappa shape index (κ1) is 12.4. The van der Waals surface area contributed by atoms with Gasteiger partial charge in [-0.25, -0.2) is 8.78 Å². The number of Topliss-reactive ketones (excluding diaryl/α,β-unsaturated/α-hetero) is 1. The van der Waals surface area contributed by atoms with Crippen LogP contribution in [0.5, 0.6) is 0 Å². The van der Waals surface area contributed by atoms with Crippen LogP contribution in [0.4, 0.5) is 17.6 Å². The molecule has 15 heavy (non-hydrogen) atoms. The average molecular weight is 305 g/mol. The molecule has 7 heteroatoms. The molecule has 0 heterocycles. The Hall–Kier alpha value is -0.620. The van der Waals surface area contributed by atoms with Crippen LogP contribution < -0.4 is 0 Å². The molecule has 0 saturated heterocycles. The summed E-state index contributed by atoms with van der Waals surface area (Å²) < 4.78 is 50.5. The van der Waals surface area contributed by atoms with Gasteiger partial charge in [0.15, 0.2) is 0 Å². The largest absolute Gasteiger partial charge is 0.363 e. The molecule has 1 rings (SSSR count). The van der Waals surface area contributed by atoms with E-state index >= 15 is 0 Å². The zero-order chi connectivity index (χ0) is 11.8. The third-order valence-electron chi connectivity index (χ3n) is 1.50.